The molecule has 3 heteroatoms. The molecule has 1 aliphatic heterocycles. The van der Waals surface area contributed by atoms with E-state index in [1.54, 1.807) is 6.07 Å². The number of nitrogens with two attached hydrogens (primary N) is 1. The van der Waals surface area contributed by atoms with Gasteiger partial charge in [-0.2, -0.15) is 0 Å². The second-order valence-electron chi connectivity index (χ2n) is 5.08. The maximum atomic E-state index is 13.9. The van der Waals surface area contributed by atoms with Gasteiger partial charge in [-0.25, -0.2) is 4.39 Å². The highest BCUT2D eigenvalue weighted by Gasteiger charge is 2.21. The smallest absolute Gasteiger partial charge is 0.128 e. The van der Waals surface area contributed by atoms with E-state index in [4.69, 9.17) is 5.73 Å². The fourth-order valence-corrected chi connectivity index (χ4v) is 2.80. The molecule has 1 fully saturated rings. The van der Waals surface area contributed by atoms with Crippen LogP contribution in [0.1, 0.15) is 43.7 Å². The summed E-state index contributed by atoms with van der Waals surface area (Å²) in [5.41, 5.74) is 6.64. The number of hydrogen-bond donors (Lipinski definition) is 1. The standard InChI is InChI=1S/C15H23FN2/c16-14-9-5-4-8-13(14)15(12-17)18-10-6-2-1-3-7-11-18/h4-5,8-9,15H,1-3,6-7,10-12,17H2. The first kappa shape index (κ1) is 13.5. The van der Waals surface area contributed by atoms with Crippen LogP contribution in [0.15, 0.2) is 24.3 Å². The Morgan fingerprint density at radius 3 is 2.28 bits per heavy atom. The van der Waals surface area contributed by atoms with Gasteiger partial charge in [0.05, 0.1) is 0 Å². The molecule has 1 aromatic rings. The van der Waals surface area contributed by atoms with E-state index in [9.17, 15) is 4.39 Å². The predicted octanol–water partition coefficient (Wildman–Crippen LogP) is 3.09. The normalized spacial score (nSPS) is 20.1. The van der Waals surface area contributed by atoms with Gasteiger partial charge in [-0.3, -0.25) is 4.90 Å². The average Bonchev–Trinajstić information content (AvgIpc) is 2.34. The van der Waals surface area contributed by atoms with Crippen LogP contribution in [-0.2, 0) is 0 Å². The Labute approximate surface area is 109 Å². The van der Waals surface area contributed by atoms with Crippen LogP contribution in [0.5, 0.6) is 0 Å². The summed E-state index contributed by atoms with van der Waals surface area (Å²) >= 11 is 0. The maximum Gasteiger partial charge on any atom is 0.128 e. The lowest BCUT2D eigenvalue weighted by atomic mass is 10.0. The van der Waals surface area contributed by atoms with Crippen LogP contribution in [0.3, 0.4) is 0 Å². The molecule has 1 aromatic carbocycles. The molecule has 18 heavy (non-hydrogen) atoms. The largest absolute Gasteiger partial charge is 0.329 e. The summed E-state index contributed by atoms with van der Waals surface area (Å²) in [6.45, 7) is 2.56. The lowest BCUT2D eigenvalue weighted by molar-refractivity contribution is 0.180. The lowest BCUT2D eigenvalue weighted by Gasteiger charge is -2.32. The van der Waals surface area contributed by atoms with Crippen LogP contribution in [0, 0.1) is 5.82 Å². The third-order valence-electron chi connectivity index (χ3n) is 3.82. The molecular weight excluding hydrogens is 227 g/mol. The molecule has 0 aromatic heterocycles. The van der Waals surface area contributed by atoms with E-state index in [1.807, 2.05) is 12.1 Å². The first-order valence-corrected chi connectivity index (χ1v) is 7.01. The highest BCUT2D eigenvalue weighted by Crippen LogP contribution is 2.24. The molecule has 2 nitrogen and oxygen atoms in total. The molecule has 2 rings (SSSR count). The summed E-state index contributed by atoms with van der Waals surface area (Å²) in [6, 6.07) is 7.06. The molecule has 100 valence electrons. The summed E-state index contributed by atoms with van der Waals surface area (Å²) < 4.78 is 13.9. The molecule has 1 aliphatic rings. The van der Waals surface area contributed by atoms with Gasteiger partial charge in [-0.1, -0.05) is 37.5 Å². The molecule has 0 aliphatic carbocycles. The van der Waals surface area contributed by atoms with Crippen LogP contribution < -0.4 is 5.73 Å². The van der Waals surface area contributed by atoms with E-state index in [0.717, 1.165) is 18.7 Å². The molecule has 0 radical (unpaired) electrons. The third-order valence-corrected chi connectivity index (χ3v) is 3.82. The van der Waals surface area contributed by atoms with E-state index in [0.29, 0.717) is 6.54 Å². The molecule has 2 N–H and O–H groups in total. The van der Waals surface area contributed by atoms with E-state index in [1.165, 1.54) is 38.2 Å². The van der Waals surface area contributed by atoms with Crippen molar-refractivity contribution in [3.8, 4) is 0 Å². The number of likely N-dealkylation sites (tertiary alicyclic amines) is 1. The first-order valence-electron chi connectivity index (χ1n) is 7.01. The zero-order chi connectivity index (χ0) is 12.8. The Morgan fingerprint density at radius 2 is 1.67 bits per heavy atom. The lowest BCUT2D eigenvalue weighted by Crippen LogP contribution is -2.36. The van der Waals surface area contributed by atoms with Crippen molar-refractivity contribution >= 4 is 0 Å². The van der Waals surface area contributed by atoms with Crippen LogP contribution >= 0.6 is 0 Å². The van der Waals surface area contributed by atoms with Crippen molar-refractivity contribution in [3.63, 3.8) is 0 Å². The molecule has 1 unspecified atom stereocenters. The Hall–Kier alpha value is -0.930. The van der Waals surface area contributed by atoms with E-state index < -0.39 is 0 Å². The zero-order valence-corrected chi connectivity index (χ0v) is 10.9. The minimum atomic E-state index is -0.130. The number of halogens is 1. The highest BCUT2D eigenvalue weighted by atomic mass is 19.1. The van der Waals surface area contributed by atoms with Gasteiger partial charge in [0, 0.05) is 18.2 Å². The summed E-state index contributed by atoms with van der Waals surface area (Å²) in [5.74, 6) is -0.130. The molecule has 1 atom stereocenters. The first-order chi connectivity index (χ1) is 8.83. The molecule has 0 bridgehead atoms. The molecule has 0 saturated carbocycles. The van der Waals surface area contributed by atoms with Gasteiger partial charge in [0.1, 0.15) is 5.82 Å². The van der Waals surface area contributed by atoms with Gasteiger partial charge in [0.15, 0.2) is 0 Å². The monoisotopic (exact) mass is 250 g/mol. The van der Waals surface area contributed by atoms with Crippen molar-refractivity contribution in [2.24, 2.45) is 5.73 Å². The van der Waals surface area contributed by atoms with Crippen LogP contribution in [0.4, 0.5) is 4.39 Å². The average molecular weight is 250 g/mol. The molecular formula is C15H23FN2. The van der Waals surface area contributed by atoms with Gasteiger partial charge in [-0.05, 0) is 32.0 Å². The van der Waals surface area contributed by atoms with Gasteiger partial charge < -0.3 is 5.73 Å². The topological polar surface area (TPSA) is 29.3 Å². The fraction of sp³-hybridized carbons (Fsp3) is 0.600. The van der Waals surface area contributed by atoms with Crippen molar-refractivity contribution in [2.45, 2.75) is 38.1 Å². The van der Waals surface area contributed by atoms with Crippen LogP contribution in [0.25, 0.3) is 0 Å². The number of hydrogen-bond acceptors (Lipinski definition) is 2. The minimum absolute atomic E-state index is 0.0318. The molecule has 1 heterocycles. The Bertz CT molecular complexity index is 359. The summed E-state index contributed by atoms with van der Waals surface area (Å²) in [7, 11) is 0. The van der Waals surface area contributed by atoms with Crippen LogP contribution in [-0.4, -0.2) is 24.5 Å². The Balaban J connectivity index is 2.13. The summed E-state index contributed by atoms with van der Waals surface area (Å²) in [5, 5.41) is 0. The SMILES string of the molecule is NCC(c1ccccc1F)N1CCCCCCC1. The van der Waals surface area contributed by atoms with Gasteiger partial charge >= 0.3 is 0 Å². The number of benzene rings is 1. The Morgan fingerprint density at radius 1 is 1.06 bits per heavy atom. The van der Waals surface area contributed by atoms with Gasteiger partial charge in [0.2, 0.25) is 0 Å². The molecule has 0 amide bonds. The third kappa shape index (κ3) is 3.30. The van der Waals surface area contributed by atoms with Gasteiger partial charge in [0.25, 0.3) is 0 Å². The maximum absolute atomic E-state index is 13.9. The van der Waals surface area contributed by atoms with Crippen molar-refractivity contribution in [2.75, 3.05) is 19.6 Å². The highest BCUT2D eigenvalue weighted by molar-refractivity contribution is 5.21. The van der Waals surface area contributed by atoms with E-state index in [-0.39, 0.29) is 11.9 Å². The van der Waals surface area contributed by atoms with Crippen LogP contribution in [0.2, 0.25) is 0 Å². The van der Waals surface area contributed by atoms with E-state index in [2.05, 4.69) is 4.90 Å². The predicted molar refractivity (Wildman–Crippen MR) is 72.9 cm³/mol. The van der Waals surface area contributed by atoms with Crippen molar-refractivity contribution < 1.29 is 4.39 Å². The summed E-state index contributed by atoms with van der Waals surface area (Å²) in [4.78, 5) is 2.36. The molecule has 0 spiro atoms. The van der Waals surface area contributed by atoms with Gasteiger partial charge in [-0.15, -0.1) is 0 Å². The minimum Gasteiger partial charge on any atom is -0.329 e. The molecule has 1 saturated heterocycles. The number of nitrogens with zero attached hydrogens (tertiary/aromatic N) is 1. The summed E-state index contributed by atoms with van der Waals surface area (Å²) in [6.07, 6.45) is 6.30. The number of rotatable bonds is 3. The van der Waals surface area contributed by atoms with E-state index >= 15 is 0 Å². The fourth-order valence-electron chi connectivity index (χ4n) is 2.80. The van der Waals surface area contributed by atoms with Crippen molar-refractivity contribution in [1.82, 2.24) is 4.90 Å². The second-order valence-corrected chi connectivity index (χ2v) is 5.08. The zero-order valence-electron chi connectivity index (χ0n) is 10.9. The Kier molecular flexibility index (Phi) is 5.14. The second kappa shape index (κ2) is 6.86. The van der Waals surface area contributed by atoms with Crippen molar-refractivity contribution in [1.29, 1.82) is 0 Å². The van der Waals surface area contributed by atoms with Crippen molar-refractivity contribution in [3.05, 3.63) is 35.6 Å². The quantitative estimate of drug-likeness (QED) is 0.893.